The minimum Gasteiger partial charge on any atom is -0.507 e. The van der Waals surface area contributed by atoms with Crippen LogP contribution in [0.25, 0.3) is 6.08 Å². The van der Waals surface area contributed by atoms with Crippen LogP contribution in [0.15, 0.2) is 23.8 Å². The molecule has 0 amide bonds. The molecular weight excluding hydrogens is 208 g/mol. The first kappa shape index (κ1) is 12.5. The molecule has 0 saturated carbocycles. The summed E-state index contributed by atoms with van der Waals surface area (Å²) >= 11 is 0. The van der Waals surface area contributed by atoms with E-state index in [0.29, 0.717) is 11.3 Å². The molecule has 1 rings (SSSR count). The van der Waals surface area contributed by atoms with Crippen molar-refractivity contribution in [3.8, 4) is 11.5 Å². The number of hydrogen-bond acceptors (Lipinski definition) is 4. The number of aliphatic hydroxyl groups excluding tert-OH is 1. The van der Waals surface area contributed by atoms with Crippen LogP contribution < -0.4 is 4.74 Å². The minimum atomic E-state index is -0.0575. The Hall–Kier alpha value is -1.52. The maximum atomic E-state index is 9.69. The molecule has 0 fully saturated rings. The van der Waals surface area contributed by atoms with Crippen LogP contribution in [0.2, 0.25) is 0 Å². The SMILES string of the molecule is COCOc1cccc(O)c1C=C(C)CO. The molecule has 0 aliphatic carbocycles. The van der Waals surface area contributed by atoms with Crippen molar-refractivity contribution in [3.05, 3.63) is 29.3 Å². The molecule has 4 nitrogen and oxygen atoms in total. The summed E-state index contributed by atoms with van der Waals surface area (Å²) in [4.78, 5) is 0. The Morgan fingerprint density at radius 2 is 2.19 bits per heavy atom. The lowest BCUT2D eigenvalue weighted by Crippen LogP contribution is -2.00. The number of aliphatic hydroxyl groups is 1. The van der Waals surface area contributed by atoms with Gasteiger partial charge in [0.1, 0.15) is 11.5 Å². The lowest BCUT2D eigenvalue weighted by atomic mass is 10.1. The molecular formula is C12H16O4. The zero-order chi connectivity index (χ0) is 12.0. The standard InChI is InChI=1S/C12H16O4/c1-9(7-13)6-10-11(14)4-3-5-12(10)16-8-15-2/h3-6,13-14H,7-8H2,1-2H3. The summed E-state index contributed by atoms with van der Waals surface area (Å²) in [5.41, 5.74) is 1.29. The number of hydrogen-bond donors (Lipinski definition) is 2. The highest BCUT2D eigenvalue weighted by molar-refractivity contribution is 5.65. The first-order valence-electron chi connectivity index (χ1n) is 4.90. The fraction of sp³-hybridized carbons (Fsp3) is 0.333. The third-order valence-corrected chi connectivity index (χ3v) is 2.02. The van der Waals surface area contributed by atoms with Crippen molar-refractivity contribution in [2.45, 2.75) is 6.92 Å². The van der Waals surface area contributed by atoms with Gasteiger partial charge in [0.05, 0.1) is 12.2 Å². The predicted molar refractivity (Wildman–Crippen MR) is 61.3 cm³/mol. The van der Waals surface area contributed by atoms with Gasteiger partial charge in [-0.3, -0.25) is 0 Å². The smallest absolute Gasteiger partial charge is 0.188 e. The van der Waals surface area contributed by atoms with Crippen LogP contribution in [0.4, 0.5) is 0 Å². The highest BCUT2D eigenvalue weighted by atomic mass is 16.7. The molecule has 0 aromatic heterocycles. The zero-order valence-corrected chi connectivity index (χ0v) is 9.43. The van der Waals surface area contributed by atoms with E-state index in [4.69, 9.17) is 14.6 Å². The molecule has 88 valence electrons. The summed E-state index contributed by atoms with van der Waals surface area (Å²) in [5.74, 6) is 0.635. The number of rotatable bonds is 5. The molecule has 0 saturated heterocycles. The van der Waals surface area contributed by atoms with Crippen LogP contribution in [-0.2, 0) is 4.74 Å². The number of phenolic OH excluding ortho intramolecular Hbond substituents is 1. The van der Waals surface area contributed by atoms with E-state index in [-0.39, 0.29) is 19.1 Å². The summed E-state index contributed by atoms with van der Waals surface area (Å²) < 4.78 is 10.1. The van der Waals surface area contributed by atoms with E-state index in [2.05, 4.69) is 0 Å². The van der Waals surface area contributed by atoms with Crippen molar-refractivity contribution in [1.82, 2.24) is 0 Å². The molecule has 1 aromatic rings. The second-order valence-corrected chi connectivity index (χ2v) is 3.39. The first-order valence-corrected chi connectivity index (χ1v) is 4.90. The lowest BCUT2D eigenvalue weighted by molar-refractivity contribution is 0.0508. The van der Waals surface area contributed by atoms with E-state index in [1.165, 1.54) is 7.11 Å². The topological polar surface area (TPSA) is 58.9 Å². The summed E-state index contributed by atoms with van der Waals surface area (Å²) in [6, 6.07) is 4.98. The number of phenols is 1. The Bertz CT molecular complexity index is 371. The zero-order valence-electron chi connectivity index (χ0n) is 9.43. The molecule has 0 atom stereocenters. The van der Waals surface area contributed by atoms with Gasteiger partial charge >= 0.3 is 0 Å². The molecule has 0 unspecified atom stereocenters. The van der Waals surface area contributed by atoms with Crippen LogP contribution in [0.1, 0.15) is 12.5 Å². The van der Waals surface area contributed by atoms with Gasteiger partial charge in [-0.2, -0.15) is 0 Å². The van der Waals surface area contributed by atoms with Gasteiger partial charge in [-0.25, -0.2) is 0 Å². The Labute approximate surface area is 94.7 Å². The molecule has 0 spiro atoms. The van der Waals surface area contributed by atoms with Gasteiger partial charge in [0.15, 0.2) is 6.79 Å². The third-order valence-electron chi connectivity index (χ3n) is 2.02. The largest absolute Gasteiger partial charge is 0.507 e. The van der Waals surface area contributed by atoms with Crippen LogP contribution in [0.3, 0.4) is 0 Å². The molecule has 0 heterocycles. The average Bonchev–Trinajstić information content (AvgIpc) is 2.29. The van der Waals surface area contributed by atoms with E-state index in [0.717, 1.165) is 5.57 Å². The predicted octanol–water partition coefficient (Wildman–Crippen LogP) is 1.77. The van der Waals surface area contributed by atoms with Gasteiger partial charge in [0.2, 0.25) is 0 Å². The summed E-state index contributed by atoms with van der Waals surface area (Å²) in [7, 11) is 1.53. The van der Waals surface area contributed by atoms with E-state index in [1.807, 2.05) is 0 Å². The minimum absolute atomic E-state index is 0.0575. The molecule has 0 radical (unpaired) electrons. The van der Waals surface area contributed by atoms with Crippen molar-refractivity contribution in [1.29, 1.82) is 0 Å². The molecule has 0 aliphatic heterocycles. The Kier molecular flexibility index (Phi) is 4.82. The summed E-state index contributed by atoms with van der Waals surface area (Å²) in [5, 5.41) is 18.6. The van der Waals surface area contributed by atoms with Crippen molar-refractivity contribution >= 4 is 6.08 Å². The Balaban J connectivity index is 3.03. The molecule has 1 aromatic carbocycles. The van der Waals surface area contributed by atoms with E-state index in [9.17, 15) is 5.11 Å². The highest BCUT2D eigenvalue weighted by Gasteiger charge is 2.06. The summed E-state index contributed by atoms with van der Waals surface area (Å²) in [6.45, 7) is 1.83. The normalized spacial score (nSPS) is 11.6. The Morgan fingerprint density at radius 3 is 2.81 bits per heavy atom. The van der Waals surface area contributed by atoms with Crippen molar-refractivity contribution < 1.29 is 19.7 Å². The number of methoxy groups -OCH3 is 1. The molecule has 16 heavy (non-hydrogen) atoms. The first-order chi connectivity index (χ1) is 7.69. The maximum absolute atomic E-state index is 9.69. The van der Waals surface area contributed by atoms with Crippen LogP contribution in [-0.4, -0.2) is 30.7 Å². The second kappa shape index (κ2) is 6.15. The van der Waals surface area contributed by atoms with Crippen molar-refractivity contribution in [2.75, 3.05) is 20.5 Å². The van der Waals surface area contributed by atoms with Crippen LogP contribution >= 0.6 is 0 Å². The molecule has 2 N–H and O–H groups in total. The van der Waals surface area contributed by atoms with E-state index < -0.39 is 0 Å². The fourth-order valence-corrected chi connectivity index (χ4v) is 1.22. The Morgan fingerprint density at radius 1 is 1.44 bits per heavy atom. The summed E-state index contributed by atoms with van der Waals surface area (Å²) in [6.07, 6.45) is 1.68. The monoisotopic (exact) mass is 224 g/mol. The second-order valence-electron chi connectivity index (χ2n) is 3.39. The van der Waals surface area contributed by atoms with Gasteiger partial charge in [-0.1, -0.05) is 6.07 Å². The van der Waals surface area contributed by atoms with Crippen molar-refractivity contribution in [3.63, 3.8) is 0 Å². The third kappa shape index (κ3) is 3.25. The lowest BCUT2D eigenvalue weighted by Gasteiger charge is -2.10. The van der Waals surface area contributed by atoms with Crippen molar-refractivity contribution in [2.24, 2.45) is 0 Å². The number of aromatic hydroxyl groups is 1. The van der Waals surface area contributed by atoms with E-state index in [1.54, 1.807) is 31.2 Å². The van der Waals surface area contributed by atoms with Gasteiger partial charge in [-0.15, -0.1) is 0 Å². The molecule has 0 aliphatic rings. The van der Waals surface area contributed by atoms with Gasteiger partial charge in [-0.05, 0) is 30.7 Å². The molecule has 0 bridgehead atoms. The van der Waals surface area contributed by atoms with E-state index >= 15 is 0 Å². The quantitative estimate of drug-likeness (QED) is 0.748. The highest BCUT2D eigenvalue weighted by Crippen LogP contribution is 2.29. The number of ether oxygens (including phenoxy) is 2. The maximum Gasteiger partial charge on any atom is 0.188 e. The average molecular weight is 224 g/mol. The van der Waals surface area contributed by atoms with Crippen LogP contribution in [0.5, 0.6) is 11.5 Å². The molecule has 4 heteroatoms. The number of benzene rings is 1. The van der Waals surface area contributed by atoms with Gasteiger partial charge in [0, 0.05) is 7.11 Å². The van der Waals surface area contributed by atoms with Crippen LogP contribution in [0, 0.1) is 0 Å². The fourth-order valence-electron chi connectivity index (χ4n) is 1.22. The van der Waals surface area contributed by atoms with Gasteiger partial charge < -0.3 is 19.7 Å². The van der Waals surface area contributed by atoms with Gasteiger partial charge in [0.25, 0.3) is 0 Å².